The molecule has 0 aliphatic heterocycles. The summed E-state index contributed by atoms with van der Waals surface area (Å²) in [6, 6.07) is 5.87. The zero-order chi connectivity index (χ0) is 21.8. The Kier molecular flexibility index (Phi) is 6.47. The normalized spacial score (nSPS) is 12.0. The first-order valence-electron chi connectivity index (χ1n) is 9.78. The third-order valence-electron chi connectivity index (χ3n) is 4.75. The Bertz CT molecular complexity index is 1140. The van der Waals surface area contributed by atoms with Crippen LogP contribution in [0.25, 0.3) is 16.9 Å². The van der Waals surface area contributed by atoms with E-state index in [2.05, 4.69) is 10.3 Å². The van der Waals surface area contributed by atoms with Gasteiger partial charge in [0, 0.05) is 25.5 Å². The summed E-state index contributed by atoms with van der Waals surface area (Å²) >= 11 is 0. The Hall–Kier alpha value is -3.26. The van der Waals surface area contributed by atoms with Crippen molar-refractivity contribution in [2.24, 2.45) is 0 Å². The molecule has 2 N–H and O–H groups in total. The fourth-order valence-electron chi connectivity index (χ4n) is 2.94. The van der Waals surface area contributed by atoms with Crippen molar-refractivity contribution >= 4 is 11.6 Å². The second kappa shape index (κ2) is 9.04. The van der Waals surface area contributed by atoms with Gasteiger partial charge in [-0.15, -0.1) is 0 Å². The van der Waals surface area contributed by atoms with E-state index in [0.717, 1.165) is 5.57 Å². The highest BCUT2D eigenvalue weighted by Crippen LogP contribution is 2.20. The van der Waals surface area contributed by atoms with Gasteiger partial charge in [0.2, 0.25) is 5.65 Å². The molecule has 1 aromatic carbocycles. The maximum absolute atomic E-state index is 13.4. The number of aliphatic hydroxyl groups excluding tert-OH is 1. The molecule has 1 atom stereocenters. The Balaban J connectivity index is 2.09. The zero-order valence-corrected chi connectivity index (χ0v) is 17.2. The van der Waals surface area contributed by atoms with Gasteiger partial charge in [-0.2, -0.15) is 0 Å². The molecule has 1 unspecified atom stereocenters. The summed E-state index contributed by atoms with van der Waals surface area (Å²) in [7, 11) is 0. The lowest BCUT2D eigenvalue weighted by Crippen LogP contribution is -2.31. The number of rotatable bonds is 7. The average molecular weight is 412 g/mol. The van der Waals surface area contributed by atoms with Gasteiger partial charge in [0.15, 0.2) is 0 Å². The number of hydrogen-bond donors (Lipinski definition) is 2. The second-order valence-electron chi connectivity index (χ2n) is 7.35. The first-order valence-corrected chi connectivity index (χ1v) is 9.78. The van der Waals surface area contributed by atoms with Gasteiger partial charge in [0.05, 0.1) is 11.8 Å². The van der Waals surface area contributed by atoms with Crippen molar-refractivity contribution in [1.82, 2.24) is 19.3 Å². The van der Waals surface area contributed by atoms with E-state index in [4.69, 9.17) is 0 Å². The number of fused-ring (bicyclic) bond motifs is 1. The Morgan fingerprint density at radius 3 is 2.60 bits per heavy atom. The van der Waals surface area contributed by atoms with Crippen LogP contribution in [0.1, 0.15) is 37.7 Å². The molecule has 0 aliphatic rings. The molecule has 7 nitrogen and oxygen atoms in total. The van der Waals surface area contributed by atoms with Gasteiger partial charge in [0.1, 0.15) is 11.5 Å². The number of hydrogen-bond acceptors (Lipinski definition) is 4. The van der Waals surface area contributed by atoms with Crippen molar-refractivity contribution in [2.45, 2.75) is 39.8 Å². The van der Waals surface area contributed by atoms with Crippen molar-refractivity contribution in [1.29, 1.82) is 0 Å². The van der Waals surface area contributed by atoms with Crippen molar-refractivity contribution < 1.29 is 14.3 Å². The van der Waals surface area contributed by atoms with Gasteiger partial charge in [0.25, 0.3) is 11.5 Å². The van der Waals surface area contributed by atoms with Crippen LogP contribution in [0.4, 0.5) is 4.39 Å². The molecule has 0 saturated heterocycles. The van der Waals surface area contributed by atoms with Gasteiger partial charge in [-0.05, 0) is 50.1 Å². The lowest BCUT2D eigenvalue weighted by molar-refractivity contribution is 0.0909. The summed E-state index contributed by atoms with van der Waals surface area (Å²) in [5, 5.41) is 12.2. The molecule has 1 amide bonds. The fraction of sp³-hybridized carbons (Fsp3) is 0.318. The van der Waals surface area contributed by atoms with Crippen LogP contribution in [-0.4, -0.2) is 37.6 Å². The van der Waals surface area contributed by atoms with Crippen LogP contribution in [0.15, 0.2) is 53.1 Å². The number of carbonyl (C=O) groups excluding carboxylic acids is 1. The minimum Gasteiger partial charge on any atom is -0.391 e. The molecule has 0 radical (unpaired) electrons. The van der Waals surface area contributed by atoms with Crippen LogP contribution in [-0.2, 0) is 6.54 Å². The van der Waals surface area contributed by atoms with Gasteiger partial charge in [-0.1, -0.05) is 18.6 Å². The van der Waals surface area contributed by atoms with Gasteiger partial charge in [-0.3, -0.25) is 18.6 Å². The van der Waals surface area contributed by atoms with E-state index in [-0.39, 0.29) is 29.3 Å². The maximum atomic E-state index is 13.4. The van der Waals surface area contributed by atoms with Crippen LogP contribution in [0, 0.1) is 5.82 Å². The third-order valence-corrected chi connectivity index (χ3v) is 4.75. The summed E-state index contributed by atoms with van der Waals surface area (Å²) in [6.07, 6.45) is 4.96. The Morgan fingerprint density at radius 1 is 1.27 bits per heavy atom. The molecular formula is C22H25FN4O3. The predicted molar refractivity (Wildman–Crippen MR) is 113 cm³/mol. The van der Waals surface area contributed by atoms with E-state index in [0.29, 0.717) is 24.2 Å². The van der Waals surface area contributed by atoms with Gasteiger partial charge < -0.3 is 10.4 Å². The molecule has 3 aromatic rings. The lowest BCUT2D eigenvalue weighted by atomic mass is 10.1. The number of benzene rings is 1. The van der Waals surface area contributed by atoms with Crippen LogP contribution in [0.3, 0.4) is 0 Å². The summed E-state index contributed by atoms with van der Waals surface area (Å²) in [6.45, 7) is 6.11. The predicted octanol–water partition coefficient (Wildman–Crippen LogP) is 2.77. The topological polar surface area (TPSA) is 88.6 Å². The lowest BCUT2D eigenvalue weighted by Gasteiger charge is -2.12. The summed E-state index contributed by atoms with van der Waals surface area (Å²) in [5.41, 5.74) is 2.13. The maximum Gasteiger partial charge on any atom is 0.295 e. The van der Waals surface area contributed by atoms with E-state index < -0.39 is 12.0 Å². The minimum atomic E-state index is -0.641. The summed E-state index contributed by atoms with van der Waals surface area (Å²) in [5.74, 6) is -0.835. The van der Waals surface area contributed by atoms with Crippen LogP contribution < -0.4 is 10.9 Å². The highest BCUT2D eigenvalue weighted by molar-refractivity contribution is 5.92. The minimum absolute atomic E-state index is 0.0837. The first-order chi connectivity index (χ1) is 14.3. The Labute approximate surface area is 173 Å². The molecule has 158 valence electrons. The Morgan fingerprint density at radius 2 is 1.97 bits per heavy atom. The van der Waals surface area contributed by atoms with Crippen molar-refractivity contribution in [3.63, 3.8) is 0 Å². The molecule has 0 spiro atoms. The van der Waals surface area contributed by atoms with E-state index in [1.54, 1.807) is 22.9 Å². The number of amides is 1. The zero-order valence-electron chi connectivity index (χ0n) is 17.2. The smallest absolute Gasteiger partial charge is 0.295 e. The van der Waals surface area contributed by atoms with Crippen molar-refractivity contribution in [2.75, 3.05) is 6.54 Å². The van der Waals surface area contributed by atoms with E-state index in [1.807, 2.05) is 26.8 Å². The first kappa shape index (κ1) is 21.4. The molecule has 0 aliphatic carbocycles. The van der Waals surface area contributed by atoms with Gasteiger partial charge >= 0.3 is 0 Å². The van der Waals surface area contributed by atoms with Crippen molar-refractivity contribution in [3.8, 4) is 11.3 Å². The highest BCUT2D eigenvalue weighted by Gasteiger charge is 2.17. The molecule has 30 heavy (non-hydrogen) atoms. The number of carbonyl (C=O) groups is 1. The number of aromatic nitrogens is 3. The van der Waals surface area contributed by atoms with Crippen molar-refractivity contribution in [3.05, 3.63) is 70.2 Å². The van der Waals surface area contributed by atoms with Crippen LogP contribution in [0.2, 0.25) is 0 Å². The quantitative estimate of drug-likeness (QED) is 0.584. The molecule has 2 heterocycles. The number of nitrogens with one attached hydrogen (secondary N) is 1. The standard InChI is InChI=1S/C22H25FN4O3/c1-4-17(28)11-24-21(29)18-12-26-13-19(15-5-7-16(23)8-6-15)27(10-9-14(2)3)22(30)20(26)25-18/h5-9,12-13,17,28H,4,10-11H2,1-3H3,(H,24,29). The number of aliphatic hydroxyl groups is 1. The largest absolute Gasteiger partial charge is 0.391 e. The molecule has 0 bridgehead atoms. The SMILES string of the molecule is CCC(O)CNC(=O)c1cn2cc(-c3ccc(F)cc3)n(CC=C(C)C)c(=O)c2n1. The summed E-state index contributed by atoms with van der Waals surface area (Å²) in [4.78, 5) is 29.7. The van der Waals surface area contributed by atoms with E-state index in [1.165, 1.54) is 22.7 Å². The van der Waals surface area contributed by atoms with Gasteiger partial charge in [-0.25, -0.2) is 9.37 Å². The molecule has 2 aromatic heterocycles. The molecule has 8 heteroatoms. The monoisotopic (exact) mass is 412 g/mol. The number of imidazole rings is 1. The molecule has 0 fully saturated rings. The van der Waals surface area contributed by atoms with Crippen LogP contribution >= 0.6 is 0 Å². The fourth-order valence-corrected chi connectivity index (χ4v) is 2.94. The second-order valence-corrected chi connectivity index (χ2v) is 7.35. The average Bonchev–Trinajstić information content (AvgIpc) is 3.16. The third kappa shape index (κ3) is 4.65. The molecule has 3 rings (SSSR count). The van der Waals surface area contributed by atoms with E-state index >= 15 is 0 Å². The highest BCUT2D eigenvalue weighted by atomic mass is 19.1. The number of halogens is 1. The molecule has 0 saturated carbocycles. The number of nitrogens with zero attached hydrogens (tertiary/aromatic N) is 3. The van der Waals surface area contributed by atoms with E-state index in [9.17, 15) is 19.1 Å². The summed E-state index contributed by atoms with van der Waals surface area (Å²) < 4.78 is 16.4. The molecular weight excluding hydrogens is 387 g/mol. The van der Waals surface area contributed by atoms with Crippen LogP contribution in [0.5, 0.6) is 0 Å². The number of allylic oxidation sites excluding steroid dienone is 2.